The molecule has 4 atom stereocenters. The standard InChI is InChI=1S/C24H34N4O5S/c1-15-9-11-16(12-10-15)22(30)26-17(23(31)32)6-4-5-13-25-20(29)8-3-2-7-19-21-18(14-34-19)27-24(33)28-21/h9-12,17-19,21H,2-8,13-14H2,1H3,(H,25,29)(H,26,30)(H,31,32)(H2,27,28,33)/t17?,18-,19?,21-/m0/s1. The van der Waals surface area contributed by atoms with Gasteiger partial charge in [0.15, 0.2) is 0 Å². The third-order valence-corrected chi connectivity index (χ3v) is 7.75. The van der Waals surface area contributed by atoms with Crippen molar-refractivity contribution >= 4 is 35.6 Å². The Morgan fingerprint density at radius 2 is 1.88 bits per heavy atom. The van der Waals surface area contributed by atoms with Crippen LogP contribution in [0.25, 0.3) is 0 Å². The summed E-state index contributed by atoms with van der Waals surface area (Å²) in [7, 11) is 0. The lowest BCUT2D eigenvalue weighted by Gasteiger charge is -2.16. The van der Waals surface area contributed by atoms with Crippen LogP contribution in [0.2, 0.25) is 0 Å². The molecule has 1 aromatic rings. The Balaban J connectivity index is 1.24. The molecule has 9 nitrogen and oxygen atoms in total. The molecule has 0 bridgehead atoms. The normalized spacial score (nSPS) is 21.8. The molecule has 2 heterocycles. The highest BCUT2D eigenvalue weighted by Crippen LogP contribution is 2.33. The molecule has 2 fully saturated rings. The number of carboxylic acids is 1. The van der Waals surface area contributed by atoms with Gasteiger partial charge >= 0.3 is 12.0 Å². The molecule has 0 radical (unpaired) electrons. The second-order valence-electron chi connectivity index (χ2n) is 8.94. The van der Waals surface area contributed by atoms with Crippen LogP contribution in [0, 0.1) is 6.92 Å². The van der Waals surface area contributed by atoms with Crippen LogP contribution in [0.15, 0.2) is 24.3 Å². The summed E-state index contributed by atoms with van der Waals surface area (Å²) in [5, 5.41) is 21.2. The van der Waals surface area contributed by atoms with Gasteiger partial charge in [0, 0.05) is 29.5 Å². The fourth-order valence-corrected chi connectivity index (χ4v) is 5.81. The van der Waals surface area contributed by atoms with Gasteiger partial charge in [0.25, 0.3) is 5.91 Å². The van der Waals surface area contributed by atoms with Crippen molar-refractivity contribution in [1.29, 1.82) is 0 Å². The molecule has 2 aliphatic heterocycles. The maximum atomic E-state index is 12.3. The van der Waals surface area contributed by atoms with Crippen molar-refractivity contribution in [1.82, 2.24) is 21.3 Å². The van der Waals surface area contributed by atoms with Crippen LogP contribution in [0.3, 0.4) is 0 Å². The number of urea groups is 1. The molecule has 0 saturated carbocycles. The number of aryl methyl sites for hydroxylation is 1. The number of carbonyl (C=O) groups excluding carboxylic acids is 3. The SMILES string of the molecule is Cc1ccc(C(=O)NC(CCCCNC(=O)CCCCC2SC[C@@H]3NC(=O)N[C@H]23)C(=O)O)cc1. The molecule has 186 valence electrons. The van der Waals surface area contributed by atoms with E-state index in [4.69, 9.17) is 0 Å². The van der Waals surface area contributed by atoms with Gasteiger partial charge in [0.05, 0.1) is 12.1 Å². The summed E-state index contributed by atoms with van der Waals surface area (Å²) in [6.45, 7) is 2.40. The maximum absolute atomic E-state index is 12.3. The lowest BCUT2D eigenvalue weighted by molar-refractivity contribution is -0.139. The summed E-state index contributed by atoms with van der Waals surface area (Å²) in [4.78, 5) is 47.3. The molecule has 34 heavy (non-hydrogen) atoms. The summed E-state index contributed by atoms with van der Waals surface area (Å²) in [5.74, 6) is -0.536. The lowest BCUT2D eigenvalue weighted by Crippen LogP contribution is -2.40. The molecule has 1 aromatic carbocycles. The predicted octanol–water partition coefficient (Wildman–Crippen LogP) is 2.19. The van der Waals surface area contributed by atoms with Gasteiger partial charge in [-0.3, -0.25) is 9.59 Å². The minimum Gasteiger partial charge on any atom is -0.480 e. The first-order chi connectivity index (χ1) is 16.3. The van der Waals surface area contributed by atoms with Crippen molar-refractivity contribution < 1.29 is 24.3 Å². The van der Waals surface area contributed by atoms with E-state index >= 15 is 0 Å². The fourth-order valence-electron chi connectivity index (χ4n) is 4.27. The molecule has 0 spiro atoms. The first kappa shape index (κ1) is 25.9. The zero-order chi connectivity index (χ0) is 24.5. The van der Waals surface area contributed by atoms with Gasteiger partial charge in [0.1, 0.15) is 6.04 Å². The number of benzene rings is 1. The Kier molecular flexibility index (Phi) is 9.62. The summed E-state index contributed by atoms with van der Waals surface area (Å²) in [5.41, 5.74) is 1.45. The number of nitrogens with one attached hydrogen (secondary N) is 4. The maximum Gasteiger partial charge on any atom is 0.326 e. The Bertz CT molecular complexity index is 879. The second-order valence-corrected chi connectivity index (χ2v) is 10.2. The monoisotopic (exact) mass is 490 g/mol. The molecule has 3 rings (SSSR count). The third-order valence-electron chi connectivity index (χ3n) is 6.24. The van der Waals surface area contributed by atoms with Crippen molar-refractivity contribution in [3.63, 3.8) is 0 Å². The van der Waals surface area contributed by atoms with E-state index in [2.05, 4.69) is 21.3 Å². The minimum absolute atomic E-state index is 0.00440. The molecule has 2 aliphatic rings. The summed E-state index contributed by atoms with van der Waals surface area (Å²) < 4.78 is 0. The Hall–Kier alpha value is -2.75. The molecule has 0 aliphatic carbocycles. The van der Waals surface area contributed by atoms with Crippen molar-refractivity contribution in [2.45, 2.75) is 75.2 Å². The van der Waals surface area contributed by atoms with E-state index in [1.807, 2.05) is 30.8 Å². The molecule has 10 heteroatoms. The average molecular weight is 491 g/mol. The number of unbranched alkanes of at least 4 members (excludes halogenated alkanes) is 2. The first-order valence-electron chi connectivity index (χ1n) is 11.9. The highest BCUT2D eigenvalue weighted by Gasteiger charge is 2.42. The van der Waals surface area contributed by atoms with Crippen LogP contribution in [0.5, 0.6) is 0 Å². The van der Waals surface area contributed by atoms with Gasteiger partial charge in [-0.2, -0.15) is 11.8 Å². The number of aliphatic carboxylic acids is 1. The molecule has 2 unspecified atom stereocenters. The number of rotatable bonds is 13. The second kappa shape index (κ2) is 12.6. The number of hydrogen-bond donors (Lipinski definition) is 5. The van der Waals surface area contributed by atoms with Crippen LogP contribution < -0.4 is 21.3 Å². The van der Waals surface area contributed by atoms with Crippen LogP contribution in [-0.2, 0) is 9.59 Å². The fraction of sp³-hybridized carbons (Fsp3) is 0.583. The third kappa shape index (κ3) is 7.65. The molecule has 4 amide bonds. The van der Waals surface area contributed by atoms with E-state index in [1.165, 1.54) is 0 Å². The summed E-state index contributed by atoms with van der Waals surface area (Å²) >= 11 is 1.88. The largest absolute Gasteiger partial charge is 0.480 e. The lowest BCUT2D eigenvalue weighted by atomic mass is 10.0. The predicted molar refractivity (Wildman–Crippen MR) is 131 cm³/mol. The van der Waals surface area contributed by atoms with Crippen LogP contribution in [0.4, 0.5) is 4.79 Å². The van der Waals surface area contributed by atoms with Gasteiger partial charge in [-0.15, -0.1) is 0 Å². The molecular formula is C24H34N4O5S. The van der Waals surface area contributed by atoms with Crippen LogP contribution in [0.1, 0.15) is 60.9 Å². The Morgan fingerprint density at radius 3 is 2.62 bits per heavy atom. The molecule has 5 N–H and O–H groups in total. The van der Waals surface area contributed by atoms with Crippen molar-refractivity contribution in [2.24, 2.45) is 0 Å². The average Bonchev–Trinajstić information content (AvgIpc) is 3.35. The zero-order valence-electron chi connectivity index (χ0n) is 19.5. The quantitative estimate of drug-likeness (QED) is 0.212. The number of amides is 4. The first-order valence-corrected chi connectivity index (χ1v) is 12.9. The summed E-state index contributed by atoms with van der Waals surface area (Å²) in [6.07, 6.45) is 4.69. The van der Waals surface area contributed by atoms with E-state index in [0.29, 0.717) is 43.0 Å². The van der Waals surface area contributed by atoms with E-state index in [0.717, 1.165) is 30.6 Å². The van der Waals surface area contributed by atoms with E-state index in [9.17, 15) is 24.3 Å². The van der Waals surface area contributed by atoms with Gasteiger partial charge in [-0.1, -0.05) is 24.1 Å². The number of fused-ring (bicyclic) bond motifs is 1. The van der Waals surface area contributed by atoms with Crippen molar-refractivity contribution in [3.05, 3.63) is 35.4 Å². The zero-order valence-corrected chi connectivity index (χ0v) is 20.3. The number of hydrogen-bond acceptors (Lipinski definition) is 5. The van der Waals surface area contributed by atoms with Crippen LogP contribution >= 0.6 is 11.8 Å². The molecular weight excluding hydrogens is 456 g/mol. The Morgan fingerprint density at radius 1 is 1.12 bits per heavy atom. The highest BCUT2D eigenvalue weighted by atomic mass is 32.2. The van der Waals surface area contributed by atoms with Crippen molar-refractivity contribution in [2.75, 3.05) is 12.3 Å². The summed E-state index contributed by atoms with van der Waals surface area (Å²) in [6, 6.07) is 6.34. The highest BCUT2D eigenvalue weighted by molar-refractivity contribution is 8.00. The number of carboxylic acid groups (broad SMARTS) is 1. The van der Waals surface area contributed by atoms with Gasteiger partial charge in [0.2, 0.25) is 5.91 Å². The van der Waals surface area contributed by atoms with Crippen LogP contribution in [-0.4, -0.2) is 64.6 Å². The number of carbonyl (C=O) groups is 4. The number of thioether (sulfide) groups is 1. The Labute approximate surface area is 204 Å². The van der Waals surface area contributed by atoms with Gasteiger partial charge in [-0.05, 0) is 51.2 Å². The topological polar surface area (TPSA) is 137 Å². The van der Waals surface area contributed by atoms with E-state index in [1.54, 1.807) is 12.1 Å². The van der Waals surface area contributed by atoms with Crippen molar-refractivity contribution in [3.8, 4) is 0 Å². The van der Waals surface area contributed by atoms with Gasteiger partial charge < -0.3 is 26.4 Å². The molecule has 2 saturated heterocycles. The molecule has 0 aromatic heterocycles. The van der Waals surface area contributed by atoms with Gasteiger partial charge in [-0.25, -0.2) is 9.59 Å². The smallest absolute Gasteiger partial charge is 0.326 e. The minimum atomic E-state index is -1.07. The van der Waals surface area contributed by atoms with E-state index in [-0.39, 0.29) is 24.0 Å². The van der Waals surface area contributed by atoms with E-state index < -0.39 is 17.9 Å².